The smallest absolute Gasteiger partial charge is 0.326 e. The normalized spacial score (nSPS) is 14.2. The maximum absolute atomic E-state index is 13.2. The number of carboxylic acid groups (broad SMARTS) is 1. The van der Waals surface area contributed by atoms with Crippen LogP contribution in [-0.4, -0.2) is 65.4 Å². The number of rotatable bonds is 17. The summed E-state index contributed by atoms with van der Waals surface area (Å²) in [6, 6.07) is 4.27. The van der Waals surface area contributed by atoms with Gasteiger partial charge in [0.15, 0.2) is 0 Å². The molecule has 0 aliphatic carbocycles. The SMILES string of the molecule is CC(C)CC(NC(=O)C(N)CCCCN)C(=O)NC(Cc1ccccc1)C(=O)NC(CC(N)=O)C(=O)O. The van der Waals surface area contributed by atoms with Gasteiger partial charge in [-0.3, -0.25) is 19.2 Å². The molecular formula is C25H40N6O6. The van der Waals surface area contributed by atoms with Crippen molar-refractivity contribution >= 4 is 29.6 Å². The number of aliphatic carboxylic acids is 1. The fourth-order valence-electron chi connectivity index (χ4n) is 3.63. The zero-order valence-corrected chi connectivity index (χ0v) is 21.4. The molecule has 0 aromatic heterocycles. The summed E-state index contributed by atoms with van der Waals surface area (Å²) in [7, 11) is 0. The number of nitrogens with one attached hydrogen (secondary N) is 3. The fourth-order valence-corrected chi connectivity index (χ4v) is 3.63. The molecule has 0 aliphatic heterocycles. The van der Waals surface area contributed by atoms with E-state index in [4.69, 9.17) is 17.2 Å². The summed E-state index contributed by atoms with van der Waals surface area (Å²) in [6.07, 6.45) is 1.52. The summed E-state index contributed by atoms with van der Waals surface area (Å²) >= 11 is 0. The molecule has 1 aromatic rings. The van der Waals surface area contributed by atoms with Crippen molar-refractivity contribution in [2.24, 2.45) is 23.1 Å². The predicted molar refractivity (Wildman–Crippen MR) is 138 cm³/mol. The molecule has 12 heteroatoms. The molecule has 0 saturated carbocycles. The van der Waals surface area contributed by atoms with E-state index in [2.05, 4.69) is 16.0 Å². The van der Waals surface area contributed by atoms with Gasteiger partial charge in [0.05, 0.1) is 12.5 Å². The van der Waals surface area contributed by atoms with E-state index in [1.54, 1.807) is 30.3 Å². The van der Waals surface area contributed by atoms with Crippen LogP contribution in [0.1, 0.15) is 51.5 Å². The Bertz CT molecular complexity index is 910. The van der Waals surface area contributed by atoms with Crippen molar-refractivity contribution in [2.45, 2.75) is 76.5 Å². The molecule has 0 heterocycles. The van der Waals surface area contributed by atoms with Crippen molar-refractivity contribution in [1.29, 1.82) is 0 Å². The quantitative estimate of drug-likeness (QED) is 0.128. The Balaban J connectivity index is 3.08. The maximum Gasteiger partial charge on any atom is 0.326 e. The molecule has 0 spiro atoms. The van der Waals surface area contributed by atoms with Crippen LogP contribution in [0.25, 0.3) is 0 Å². The molecule has 0 fully saturated rings. The molecule has 0 radical (unpaired) electrons. The van der Waals surface area contributed by atoms with E-state index in [1.165, 1.54) is 0 Å². The van der Waals surface area contributed by atoms with E-state index < -0.39 is 60.2 Å². The lowest BCUT2D eigenvalue weighted by molar-refractivity contribution is -0.143. The van der Waals surface area contributed by atoms with E-state index in [-0.39, 0.29) is 18.8 Å². The van der Waals surface area contributed by atoms with Gasteiger partial charge in [-0.1, -0.05) is 50.6 Å². The number of nitrogens with two attached hydrogens (primary N) is 3. The van der Waals surface area contributed by atoms with Crippen molar-refractivity contribution < 1.29 is 29.1 Å². The van der Waals surface area contributed by atoms with Crippen molar-refractivity contribution in [2.75, 3.05) is 6.54 Å². The minimum absolute atomic E-state index is 0.0258. The second-order valence-electron chi connectivity index (χ2n) is 9.40. The van der Waals surface area contributed by atoms with Gasteiger partial charge < -0.3 is 38.3 Å². The number of unbranched alkanes of at least 4 members (excludes halogenated alkanes) is 1. The summed E-state index contributed by atoms with van der Waals surface area (Å²) in [5.41, 5.74) is 17.3. The molecular weight excluding hydrogens is 480 g/mol. The van der Waals surface area contributed by atoms with Gasteiger partial charge in [-0.25, -0.2) is 4.79 Å². The lowest BCUT2D eigenvalue weighted by atomic mass is 10.00. The topological polar surface area (TPSA) is 220 Å². The number of hydrogen-bond acceptors (Lipinski definition) is 7. The fraction of sp³-hybridized carbons (Fsp3) is 0.560. The Labute approximate surface area is 217 Å². The second-order valence-corrected chi connectivity index (χ2v) is 9.40. The number of amides is 4. The van der Waals surface area contributed by atoms with Crippen LogP contribution in [0, 0.1) is 5.92 Å². The van der Waals surface area contributed by atoms with Crippen LogP contribution in [-0.2, 0) is 30.4 Å². The van der Waals surface area contributed by atoms with Crippen molar-refractivity contribution in [3.05, 3.63) is 35.9 Å². The Kier molecular flexibility index (Phi) is 13.9. The Morgan fingerprint density at radius 3 is 1.97 bits per heavy atom. The van der Waals surface area contributed by atoms with Crippen molar-refractivity contribution in [1.82, 2.24) is 16.0 Å². The molecule has 4 amide bonds. The highest BCUT2D eigenvalue weighted by Gasteiger charge is 2.31. The average Bonchev–Trinajstić information content (AvgIpc) is 2.82. The van der Waals surface area contributed by atoms with Crippen molar-refractivity contribution in [3.63, 3.8) is 0 Å². The standard InChI is InChI=1S/C25H40N6O6/c1-15(2)12-18(29-22(33)17(27)10-6-7-11-26)23(34)30-19(13-16-8-4-3-5-9-16)24(35)31-20(25(36)37)14-21(28)32/h3-5,8-9,15,17-20H,6-7,10-14,26-27H2,1-2H3,(H2,28,32)(H,29,33)(H,30,34)(H,31,35)(H,36,37). The number of carbonyl (C=O) groups is 5. The van der Waals surface area contributed by atoms with Crippen LogP contribution < -0.4 is 33.2 Å². The van der Waals surface area contributed by atoms with Crippen molar-refractivity contribution in [3.8, 4) is 0 Å². The number of hydrogen-bond donors (Lipinski definition) is 7. The van der Waals surface area contributed by atoms with Crippen LogP contribution in [0.2, 0.25) is 0 Å². The summed E-state index contributed by atoms with van der Waals surface area (Å²) in [6.45, 7) is 4.24. The molecule has 4 unspecified atom stereocenters. The van der Waals surface area contributed by atoms with Gasteiger partial charge in [0, 0.05) is 6.42 Å². The van der Waals surface area contributed by atoms with Crippen LogP contribution in [0.15, 0.2) is 30.3 Å². The van der Waals surface area contributed by atoms with E-state index in [9.17, 15) is 29.1 Å². The summed E-state index contributed by atoms with van der Waals surface area (Å²) < 4.78 is 0. The Morgan fingerprint density at radius 2 is 1.43 bits per heavy atom. The second kappa shape index (κ2) is 16.3. The van der Waals surface area contributed by atoms with Gasteiger partial charge in [0.1, 0.15) is 18.1 Å². The first-order valence-electron chi connectivity index (χ1n) is 12.4. The Hall–Kier alpha value is -3.51. The Morgan fingerprint density at radius 1 is 0.865 bits per heavy atom. The third-order valence-corrected chi connectivity index (χ3v) is 5.58. The summed E-state index contributed by atoms with van der Waals surface area (Å²) in [4.78, 5) is 61.7. The van der Waals surface area contributed by atoms with Gasteiger partial charge in [-0.05, 0) is 37.3 Å². The molecule has 0 bridgehead atoms. The van der Waals surface area contributed by atoms with Crippen LogP contribution in [0.3, 0.4) is 0 Å². The third kappa shape index (κ3) is 12.3. The first-order chi connectivity index (χ1) is 17.4. The molecule has 0 aliphatic rings. The molecule has 10 N–H and O–H groups in total. The lowest BCUT2D eigenvalue weighted by Crippen LogP contribution is -2.58. The minimum Gasteiger partial charge on any atom is -0.480 e. The molecule has 37 heavy (non-hydrogen) atoms. The monoisotopic (exact) mass is 520 g/mol. The molecule has 4 atom stereocenters. The highest BCUT2D eigenvalue weighted by atomic mass is 16.4. The third-order valence-electron chi connectivity index (χ3n) is 5.58. The first kappa shape index (κ1) is 31.5. The van der Waals surface area contributed by atoms with Crippen LogP contribution >= 0.6 is 0 Å². The molecule has 0 saturated heterocycles. The first-order valence-corrected chi connectivity index (χ1v) is 12.4. The van der Waals surface area contributed by atoms with Gasteiger partial charge in [0.25, 0.3) is 0 Å². The summed E-state index contributed by atoms with van der Waals surface area (Å²) in [5, 5.41) is 16.9. The van der Waals surface area contributed by atoms with Gasteiger partial charge in [-0.2, -0.15) is 0 Å². The molecule has 12 nitrogen and oxygen atoms in total. The summed E-state index contributed by atoms with van der Waals surface area (Å²) in [5.74, 6) is -4.23. The zero-order chi connectivity index (χ0) is 28.0. The maximum atomic E-state index is 13.2. The highest BCUT2D eigenvalue weighted by Crippen LogP contribution is 2.09. The van der Waals surface area contributed by atoms with E-state index in [0.29, 0.717) is 24.9 Å². The number of carbonyl (C=O) groups excluding carboxylic acids is 4. The van der Waals surface area contributed by atoms with Crippen LogP contribution in [0.5, 0.6) is 0 Å². The number of benzene rings is 1. The number of primary amides is 1. The number of carboxylic acids is 1. The largest absolute Gasteiger partial charge is 0.480 e. The molecule has 1 rings (SSSR count). The zero-order valence-electron chi connectivity index (χ0n) is 21.4. The minimum atomic E-state index is -1.56. The lowest BCUT2D eigenvalue weighted by Gasteiger charge is -2.26. The highest BCUT2D eigenvalue weighted by molar-refractivity contribution is 5.95. The van der Waals surface area contributed by atoms with E-state index in [0.717, 1.165) is 6.42 Å². The van der Waals surface area contributed by atoms with E-state index in [1.807, 2.05) is 13.8 Å². The predicted octanol–water partition coefficient (Wildman–Crippen LogP) is -0.854. The van der Waals surface area contributed by atoms with E-state index >= 15 is 0 Å². The van der Waals surface area contributed by atoms with Gasteiger partial charge >= 0.3 is 5.97 Å². The average molecular weight is 521 g/mol. The molecule has 206 valence electrons. The van der Waals surface area contributed by atoms with Gasteiger partial charge in [0.2, 0.25) is 23.6 Å². The molecule has 1 aromatic carbocycles. The van der Waals surface area contributed by atoms with Gasteiger partial charge in [-0.15, -0.1) is 0 Å². The van der Waals surface area contributed by atoms with Crippen LogP contribution in [0.4, 0.5) is 0 Å².